The first-order valence-corrected chi connectivity index (χ1v) is 12.8. The van der Waals surface area contributed by atoms with E-state index >= 15 is 0 Å². The van der Waals surface area contributed by atoms with Crippen LogP contribution in [0.2, 0.25) is 0 Å². The SMILES string of the molecule is CC(C)(C)OC(=O)N[C@@H]1CCN(c2ccc(-c3cc(Sc4ccccn4)c4c(C#N)cnn4c3)cn2)C1. The first kappa shape index (κ1) is 24.6. The fourth-order valence-electron chi connectivity index (χ4n) is 4.23. The number of alkyl carbamates (subject to hydrolysis) is 1. The lowest BCUT2D eigenvalue weighted by molar-refractivity contribution is 0.0509. The van der Waals surface area contributed by atoms with E-state index in [0.29, 0.717) is 12.1 Å². The molecular weight excluding hydrogens is 486 g/mol. The molecule has 10 heteroatoms. The molecule has 0 saturated carbocycles. The van der Waals surface area contributed by atoms with Crippen molar-refractivity contribution in [2.45, 2.75) is 48.8 Å². The maximum Gasteiger partial charge on any atom is 0.407 e. The summed E-state index contributed by atoms with van der Waals surface area (Å²) in [5.41, 5.74) is 2.62. The van der Waals surface area contributed by atoms with E-state index in [1.807, 2.05) is 69.6 Å². The van der Waals surface area contributed by atoms with Gasteiger partial charge in [-0.15, -0.1) is 0 Å². The lowest BCUT2D eigenvalue weighted by atomic mass is 10.1. The Balaban J connectivity index is 1.35. The maximum atomic E-state index is 12.1. The van der Waals surface area contributed by atoms with E-state index in [4.69, 9.17) is 9.72 Å². The average molecular weight is 514 g/mol. The molecule has 1 aliphatic rings. The molecule has 0 aliphatic carbocycles. The molecule has 1 atom stereocenters. The third-order valence-corrected chi connectivity index (χ3v) is 6.85. The molecule has 4 aromatic heterocycles. The summed E-state index contributed by atoms with van der Waals surface area (Å²) >= 11 is 1.50. The molecule has 1 aliphatic heterocycles. The van der Waals surface area contributed by atoms with E-state index in [9.17, 15) is 10.1 Å². The molecule has 5 heterocycles. The minimum absolute atomic E-state index is 0.0130. The van der Waals surface area contributed by atoms with Crippen LogP contribution < -0.4 is 10.2 Å². The van der Waals surface area contributed by atoms with Crippen molar-refractivity contribution >= 4 is 29.2 Å². The summed E-state index contributed by atoms with van der Waals surface area (Å²) in [5, 5.41) is 17.8. The zero-order valence-corrected chi connectivity index (χ0v) is 21.7. The fraction of sp³-hybridized carbons (Fsp3) is 0.296. The van der Waals surface area contributed by atoms with Gasteiger partial charge in [-0.05, 0) is 57.5 Å². The number of rotatable bonds is 5. The number of amides is 1. The van der Waals surface area contributed by atoms with Crippen LogP contribution in [0.15, 0.2) is 71.1 Å². The van der Waals surface area contributed by atoms with Crippen LogP contribution in [-0.4, -0.2) is 50.4 Å². The summed E-state index contributed by atoms with van der Waals surface area (Å²) in [7, 11) is 0. The van der Waals surface area contributed by atoms with Crippen LogP contribution in [0.1, 0.15) is 32.8 Å². The topological polar surface area (TPSA) is 108 Å². The van der Waals surface area contributed by atoms with Crippen molar-refractivity contribution in [1.29, 1.82) is 5.26 Å². The summed E-state index contributed by atoms with van der Waals surface area (Å²) in [6.45, 7) is 7.03. The minimum atomic E-state index is -0.523. The fourth-order valence-corrected chi connectivity index (χ4v) is 5.20. The molecule has 1 fully saturated rings. The normalized spacial score (nSPS) is 15.5. The van der Waals surface area contributed by atoms with Gasteiger partial charge in [0.1, 0.15) is 22.5 Å². The van der Waals surface area contributed by atoms with Gasteiger partial charge in [0.15, 0.2) is 0 Å². The van der Waals surface area contributed by atoms with E-state index in [0.717, 1.165) is 45.3 Å². The van der Waals surface area contributed by atoms with Crippen LogP contribution >= 0.6 is 11.8 Å². The van der Waals surface area contributed by atoms with E-state index in [1.165, 1.54) is 11.8 Å². The number of nitrogens with zero attached hydrogens (tertiary/aromatic N) is 6. The predicted molar refractivity (Wildman–Crippen MR) is 141 cm³/mol. The summed E-state index contributed by atoms with van der Waals surface area (Å²) in [6, 6.07) is 14.1. The third-order valence-electron chi connectivity index (χ3n) is 5.86. The number of fused-ring (bicyclic) bond motifs is 1. The molecule has 0 bridgehead atoms. The van der Waals surface area contributed by atoms with Crippen molar-refractivity contribution in [2.24, 2.45) is 0 Å². The van der Waals surface area contributed by atoms with Gasteiger partial charge in [-0.1, -0.05) is 17.8 Å². The van der Waals surface area contributed by atoms with E-state index in [-0.39, 0.29) is 6.04 Å². The Kier molecular flexibility index (Phi) is 6.72. The number of hydrogen-bond acceptors (Lipinski definition) is 8. The van der Waals surface area contributed by atoms with Gasteiger partial charge < -0.3 is 15.0 Å². The Morgan fingerprint density at radius 1 is 1.19 bits per heavy atom. The van der Waals surface area contributed by atoms with Gasteiger partial charge in [-0.25, -0.2) is 19.3 Å². The number of ether oxygens (including phenoxy) is 1. The highest BCUT2D eigenvalue weighted by Gasteiger charge is 2.27. The van der Waals surface area contributed by atoms with Crippen molar-refractivity contribution < 1.29 is 9.53 Å². The highest BCUT2D eigenvalue weighted by molar-refractivity contribution is 7.99. The first-order valence-electron chi connectivity index (χ1n) is 12.0. The molecule has 37 heavy (non-hydrogen) atoms. The number of carbonyl (C=O) groups is 1. The van der Waals surface area contributed by atoms with Crippen LogP contribution in [0.3, 0.4) is 0 Å². The van der Waals surface area contributed by atoms with Crippen molar-refractivity contribution in [3.05, 3.63) is 66.7 Å². The van der Waals surface area contributed by atoms with Crippen LogP contribution in [0, 0.1) is 11.3 Å². The molecule has 188 valence electrons. The van der Waals surface area contributed by atoms with E-state index < -0.39 is 11.7 Å². The maximum absolute atomic E-state index is 12.1. The Morgan fingerprint density at radius 2 is 2.05 bits per heavy atom. The van der Waals surface area contributed by atoms with Gasteiger partial charge in [0, 0.05) is 47.7 Å². The number of aromatic nitrogens is 4. The Labute approximate surface area is 219 Å². The number of nitrogens with one attached hydrogen (secondary N) is 1. The molecule has 0 unspecified atom stereocenters. The molecule has 0 aromatic carbocycles. The number of hydrogen-bond donors (Lipinski definition) is 1. The number of nitriles is 1. The monoisotopic (exact) mass is 513 g/mol. The largest absolute Gasteiger partial charge is 0.444 e. The summed E-state index contributed by atoms with van der Waals surface area (Å²) in [5.74, 6) is 0.854. The Bertz CT molecular complexity index is 1460. The first-order chi connectivity index (χ1) is 17.8. The van der Waals surface area contributed by atoms with Crippen LogP contribution in [0.5, 0.6) is 0 Å². The smallest absolute Gasteiger partial charge is 0.407 e. The van der Waals surface area contributed by atoms with Gasteiger partial charge in [-0.3, -0.25) is 0 Å². The van der Waals surface area contributed by atoms with Gasteiger partial charge in [0.25, 0.3) is 0 Å². The van der Waals surface area contributed by atoms with Gasteiger partial charge in [-0.2, -0.15) is 10.4 Å². The highest BCUT2D eigenvalue weighted by Crippen LogP contribution is 2.35. The molecule has 1 saturated heterocycles. The van der Waals surface area contributed by atoms with Crippen molar-refractivity contribution in [3.8, 4) is 17.2 Å². The van der Waals surface area contributed by atoms with E-state index in [1.54, 1.807) is 16.9 Å². The van der Waals surface area contributed by atoms with Gasteiger partial charge >= 0.3 is 6.09 Å². The van der Waals surface area contributed by atoms with Crippen LogP contribution in [-0.2, 0) is 4.74 Å². The lowest BCUT2D eigenvalue weighted by Gasteiger charge is -2.22. The molecule has 0 radical (unpaired) electrons. The summed E-state index contributed by atoms with van der Waals surface area (Å²) in [6.07, 6.45) is 7.52. The Hall–Kier alpha value is -4.10. The number of pyridine rings is 3. The molecule has 5 rings (SSSR count). The second kappa shape index (κ2) is 10.1. The number of carbonyl (C=O) groups excluding carboxylic acids is 1. The summed E-state index contributed by atoms with van der Waals surface area (Å²) in [4.78, 5) is 24.3. The summed E-state index contributed by atoms with van der Waals surface area (Å²) < 4.78 is 7.11. The van der Waals surface area contributed by atoms with Gasteiger partial charge in [0.05, 0.1) is 23.3 Å². The molecular formula is C27H27N7O2S. The molecule has 1 amide bonds. The molecule has 4 aromatic rings. The van der Waals surface area contributed by atoms with Crippen LogP contribution in [0.4, 0.5) is 10.6 Å². The zero-order chi connectivity index (χ0) is 26.0. The standard InChI is InChI=1S/C27H27N7O2S/c1-27(2,3)36-26(35)32-21-9-11-33(17-21)23-8-7-18(14-30-23)19-12-22(37-24-6-4-5-10-29-24)25-20(13-28)15-31-34(25)16-19/h4-8,10,12,14-16,21H,9,11,17H2,1-3H3,(H,32,35)/t21-/m1/s1. The average Bonchev–Trinajstić information content (AvgIpc) is 3.50. The van der Waals surface area contributed by atoms with Crippen molar-refractivity contribution in [1.82, 2.24) is 24.9 Å². The molecule has 0 spiro atoms. The molecule has 1 N–H and O–H groups in total. The second-order valence-electron chi connectivity index (χ2n) is 9.81. The zero-order valence-electron chi connectivity index (χ0n) is 20.9. The van der Waals surface area contributed by atoms with Gasteiger partial charge in [0.2, 0.25) is 0 Å². The minimum Gasteiger partial charge on any atom is -0.444 e. The number of anilines is 1. The second-order valence-corrected chi connectivity index (χ2v) is 10.9. The predicted octanol–water partition coefficient (Wildman–Crippen LogP) is 4.92. The quantitative estimate of drug-likeness (QED) is 0.401. The van der Waals surface area contributed by atoms with Crippen molar-refractivity contribution in [3.63, 3.8) is 0 Å². The Morgan fingerprint density at radius 3 is 2.76 bits per heavy atom. The van der Waals surface area contributed by atoms with Crippen molar-refractivity contribution in [2.75, 3.05) is 18.0 Å². The third kappa shape index (κ3) is 5.67. The lowest BCUT2D eigenvalue weighted by Crippen LogP contribution is -2.40. The van der Waals surface area contributed by atoms with Crippen LogP contribution in [0.25, 0.3) is 16.6 Å². The highest BCUT2D eigenvalue weighted by atomic mass is 32.2. The van der Waals surface area contributed by atoms with E-state index in [2.05, 4.69) is 26.4 Å². The molecule has 9 nitrogen and oxygen atoms in total.